The van der Waals surface area contributed by atoms with E-state index in [-0.39, 0.29) is 11.7 Å². The summed E-state index contributed by atoms with van der Waals surface area (Å²) < 4.78 is 0. The Hall–Kier alpha value is -2.16. The minimum atomic E-state index is -1.08. The van der Waals surface area contributed by atoms with E-state index >= 15 is 0 Å². The normalized spacial score (nSPS) is 17.0. The van der Waals surface area contributed by atoms with Crippen LogP contribution < -0.4 is 4.90 Å². The molecule has 3 nitrogen and oxygen atoms in total. The molecular weight excluding hydrogens is 238 g/mol. The fraction of sp³-hybridized carbons (Fsp3) is 0.250. The van der Waals surface area contributed by atoms with Crippen LogP contribution in [0.5, 0.6) is 0 Å². The second kappa shape index (κ2) is 4.84. The Kier molecular flexibility index (Phi) is 3.38. The van der Waals surface area contributed by atoms with E-state index in [0.717, 1.165) is 0 Å². The van der Waals surface area contributed by atoms with E-state index in [1.54, 1.807) is 36.2 Å². The van der Waals surface area contributed by atoms with Gasteiger partial charge in [-0.1, -0.05) is 24.3 Å². The van der Waals surface area contributed by atoms with Crippen LogP contribution in [0.2, 0.25) is 0 Å². The van der Waals surface area contributed by atoms with E-state index < -0.39 is 5.41 Å². The van der Waals surface area contributed by atoms with Crippen LogP contribution in [0.25, 0.3) is 0 Å². The Bertz CT molecular complexity index is 550. The molecule has 0 saturated carbocycles. The first kappa shape index (κ1) is 13.3. The first-order valence-corrected chi connectivity index (χ1v) is 6.22. The lowest BCUT2D eigenvalue weighted by Crippen LogP contribution is -2.51. The highest BCUT2D eigenvalue weighted by Crippen LogP contribution is 2.41. The number of allylic oxidation sites excluding steroid dienone is 2. The van der Waals surface area contributed by atoms with E-state index in [9.17, 15) is 9.59 Å². The average Bonchev–Trinajstić information content (AvgIpc) is 2.43. The zero-order chi connectivity index (χ0) is 14.0. The van der Waals surface area contributed by atoms with Crippen LogP contribution in [0.3, 0.4) is 0 Å². The number of para-hydroxylation sites is 1. The van der Waals surface area contributed by atoms with Gasteiger partial charge in [0.2, 0.25) is 5.91 Å². The van der Waals surface area contributed by atoms with Crippen molar-refractivity contribution in [1.29, 1.82) is 0 Å². The standard InChI is InChI=1S/C16H17NO2/c1-4-10-16(11-5-2)14(18)12-8-6-7-9-13(12)17(3)15(16)19/h4-9H,1-2,10-11H2,3H3. The zero-order valence-corrected chi connectivity index (χ0v) is 11.1. The number of rotatable bonds is 4. The summed E-state index contributed by atoms with van der Waals surface area (Å²) in [5.41, 5.74) is 0.182. The topological polar surface area (TPSA) is 37.4 Å². The molecule has 19 heavy (non-hydrogen) atoms. The van der Waals surface area contributed by atoms with Crippen LogP contribution in [0.1, 0.15) is 23.2 Å². The molecule has 0 fully saturated rings. The fourth-order valence-corrected chi connectivity index (χ4v) is 2.68. The summed E-state index contributed by atoms with van der Waals surface area (Å²) in [4.78, 5) is 26.9. The summed E-state index contributed by atoms with van der Waals surface area (Å²) in [5, 5.41) is 0. The Morgan fingerprint density at radius 2 is 1.74 bits per heavy atom. The maximum atomic E-state index is 12.7. The fourth-order valence-electron chi connectivity index (χ4n) is 2.68. The van der Waals surface area contributed by atoms with Crippen LogP contribution in [0, 0.1) is 5.41 Å². The summed E-state index contributed by atoms with van der Waals surface area (Å²) in [5.74, 6) is -0.318. The Morgan fingerprint density at radius 1 is 1.16 bits per heavy atom. The number of nitrogens with zero attached hydrogens (tertiary/aromatic N) is 1. The number of benzene rings is 1. The lowest BCUT2D eigenvalue weighted by atomic mass is 9.71. The van der Waals surface area contributed by atoms with Crippen molar-refractivity contribution in [1.82, 2.24) is 0 Å². The van der Waals surface area contributed by atoms with Gasteiger partial charge in [-0.2, -0.15) is 0 Å². The highest BCUT2D eigenvalue weighted by Gasteiger charge is 2.50. The van der Waals surface area contributed by atoms with E-state index in [1.807, 2.05) is 12.1 Å². The number of anilines is 1. The minimum Gasteiger partial charge on any atom is -0.314 e. The molecular formula is C16H17NO2. The largest absolute Gasteiger partial charge is 0.314 e. The van der Waals surface area contributed by atoms with Crippen molar-refractivity contribution in [2.45, 2.75) is 12.8 Å². The Morgan fingerprint density at radius 3 is 2.32 bits per heavy atom. The lowest BCUT2D eigenvalue weighted by molar-refractivity contribution is -0.125. The molecule has 1 aromatic rings. The molecule has 0 spiro atoms. The average molecular weight is 255 g/mol. The van der Waals surface area contributed by atoms with E-state index in [4.69, 9.17) is 0 Å². The van der Waals surface area contributed by atoms with Crippen molar-refractivity contribution in [3.8, 4) is 0 Å². The monoisotopic (exact) mass is 255 g/mol. The molecule has 1 aliphatic heterocycles. The molecule has 1 aliphatic rings. The van der Waals surface area contributed by atoms with Gasteiger partial charge in [-0.3, -0.25) is 9.59 Å². The maximum Gasteiger partial charge on any atom is 0.241 e. The number of amides is 1. The molecule has 2 rings (SSSR count). The molecule has 0 saturated heterocycles. The van der Waals surface area contributed by atoms with E-state index in [1.165, 1.54) is 0 Å². The molecule has 1 amide bonds. The number of carbonyl (C=O) groups excluding carboxylic acids is 2. The predicted molar refractivity (Wildman–Crippen MR) is 76.2 cm³/mol. The molecule has 0 unspecified atom stereocenters. The molecule has 1 heterocycles. The van der Waals surface area contributed by atoms with Gasteiger partial charge < -0.3 is 4.90 Å². The van der Waals surface area contributed by atoms with Gasteiger partial charge in [-0.25, -0.2) is 0 Å². The summed E-state index contributed by atoms with van der Waals surface area (Å²) in [6.45, 7) is 7.35. The van der Waals surface area contributed by atoms with Crippen molar-refractivity contribution < 1.29 is 9.59 Å². The lowest BCUT2D eigenvalue weighted by Gasteiger charge is -2.38. The van der Waals surface area contributed by atoms with Gasteiger partial charge in [-0.05, 0) is 25.0 Å². The number of hydrogen-bond acceptors (Lipinski definition) is 2. The first-order chi connectivity index (χ1) is 9.08. The molecule has 0 bridgehead atoms. The Labute approximate surface area is 113 Å². The molecule has 0 N–H and O–H groups in total. The van der Waals surface area contributed by atoms with Gasteiger partial charge in [0.1, 0.15) is 5.41 Å². The third-order valence-corrected chi connectivity index (χ3v) is 3.64. The van der Waals surface area contributed by atoms with Gasteiger partial charge >= 0.3 is 0 Å². The second-order valence-electron chi connectivity index (χ2n) is 4.78. The molecule has 0 aromatic heterocycles. The molecule has 3 heteroatoms. The third kappa shape index (κ3) is 1.82. The zero-order valence-electron chi connectivity index (χ0n) is 11.1. The summed E-state index contributed by atoms with van der Waals surface area (Å²) in [6.07, 6.45) is 3.91. The molecule has 0 atom stereocenters. The van der Waals surface area contributed by atoms with Crippen molar-refractivity contribution in [2.24, 2.45) is 5.41 Å². The quantitative estimate of drug-likeness (QED) is 0.612. The summed E-state index contributed by atoms with van der Waals surface area (Å²) in [7, 11) is 1.70. The Balaban J connectivity index is 2.65. The predicted octanol–water partition coefficient (Wildman–Crippen LogP) is 2.98. The maximum absolute atomic E-state index is 12.7. The van der Waals surface area contributed by atoms with Crippen LogP contribution in [0.15, 0.2) is 49.6 Å². The third-order valence-electron chi connectivity index (χ3n) is 3.64. The van der Waals surface area contributed by atoms with Crippen molar-refractivity contribution in [2.75, 3.05) is 11.9 Å². The minimum absolute atomic E-state index is 0.133. The molecule has 0 radical (unpaired) electrons. The summed E-state index contributed by atoms with van der Waals surface area (Å²) in [6, 6.07) is 7.19. The molecule has 1 aromatic carbocycles. The van der Waals surface area contributed by atoms with Crippen LogP contribution in [-0.4, -0.2) is 18.7 Å². The SMILES string of the molecule is C=CCC1(CC=C)C(=O)c2ccccc2N(C)C1=O. The number of carbonyl (C=O) groups is 2. The van der Waals surface area contributed by atoms with Gasteiger partial charge in [0.05, 0.1) is 5.69 Å². The van der Waals surface area contributed by atoms with Crippen molar-refractivity contribution in [3.05, 3.63) is 55.1 Å². The highest BCUT2D eigenvalue weighted by molar-refractivity contribution is 6.24. The molecule has 0 aliphatic carbocycles. The smallest absolute Gasteiger partial charge is 0.241 e. The first-order valence-electron chi connectivity index (χ1n) is 6.22. The van der Waals surface area contributed by atoms with Gasteiger partial charge in [-0.15, -0.1) is 13.2 Å². The van der Waals surface area contributed by atoms with Crippen LogP contribution in [-0.2, 0) is 4.79 Å². The number of fused-ring (bicyclic) bond motifs is 1. The van der Waals surface area contributed by atoms with Crippen LogP contribution in [0.4, 0.5) is 5.69 Å². The van der Waals surface area contributed by atoms with Crippen molar-refractivity contribution in [3.63, 3.8) is 0 Å². The number of ketones is 1. The van der Waals surface area contributed by atoms with E-state index in [2.05, 4.69) is 13.2 Å². The van der Waals surface area contributed by atoms with Crippen molar-refractivity contribution >= 4 is 17.4 Å². The highest BCUT2D eigenvalue weighted by atomic mass is 16.2. The van der Waals surface area contributed by atoms with Gasteiger partial charge in [0.15, 0.2) is 5.78 Å². The van der Waals surface area contributed by atoms with E-state index in [0.29, 0.717) is 24.1 Å². The van der Waals surface area contributed by atoms with Crippen LogP contribution >= 0.6 is 0 Å². The summed E-state index contributed by atoms with van der Waals surface area (Å²) >= 11 is 0. The number of hydrogen-bond donors (Lipinski definition) is 0. The van der Waals surface area contributed by atoms with Gasteiger partial charge in [0.25, 0.3) is 0 Å². The number of Topliss-reactive ketones (excluding diaryl/α,β-unsaturated/α-hetero) is 1. The second-order valence-corrected chi connectivity index (χ2v) is 4.78. The van der Waals surface area contributed by atoms with Gasteiger partial charge in [0, 0.05) is 12.6 Å². The molecule has 98 valence electrons.